The Balaban J connectivity index is 1.12. The standard InChI is InChI=1S/C21H27F3N4O2/c22-21(23,24)9-5-20(29)27-10-6-15(7-11-27)19-13-16(19)8-12-30-18-3-1-17(2-4-18)28-14-25-26-28/h1-4,14-16,19,26H,5-13H2/t16-,19-/m1/s1. The van der Waals surface area contributed by atoms with Crippen molar-refractivity contribution in [3.63, 3.8) is 0 Å². The van der Waals surface area contributed by atoms with E-state index < -0.39 is 19.0 Å². The fourth-order valence-corrected chi connectivity index (χ4v) is 4.44. The summed E-state index contributed by atoms with van der Waals surface area (Å²) in [6.45, 7) is 1.85. The van der Waals surface area contributed by atoms with Gasteiger partial charge in [-0.15, -0.1) is 5.10 Å². The predicted molar refractivity (Wildman–Crippen MR) is 104 cm³/mol. The monoisotopic (exact) mass is 424 g/mol. The lowest BCUT2D eigenvalue weighted by molar-refractivity contribution is -0.149. The Morgan fingerprint density at radius 1 is 1.20 bits per heavy atom. The molecule has 9 heteroatoms. The molecular weight excluding hydrogens is 397 g/mol. The number of amides is 1. The van der Waals surface area contributed by atoms with Crippen molar-refractivity contribution in [2.45, 2.75) is 44.7 Å². The predicted octanol–water partition coefficient (Wildman–Crippen LogP) is 4.19. The number of nitrogens with zero attached hydrogens (tertiary/aromatic N) is 3. The first-order valence-corrected chi connectivity index (χ1v) is 10.5. The van der Waals surface area contributed by atoms with Crippen molar-refractivity contribution in [3.8, 4) is 11.4 Å². The zero-order valence-corrected chi connectivity index (χ0v) is 16.8. The maximum absolute atomic E-state index is 12.3. The van der Waals surface area contributed by atoms with Gasteiger partial charge in [0.2, 0.25) is 5.91 Å². The number of halogens is 3. The van der Waals surface area contributed by atoms with Crippen LogP contribution in [0.4, 0.5) is 13.2 Å². The Hall–Kier alpha value is -2.45. The molecule has 0 unspecified atom stereocenters. The Morgan fingerprint density at radius 2 is 1.90 bits per heavy atom. The number of likely N-dealkylation sites (tertiary alicyclic amines) is 1. The van der Waals surface area contributed by atoms with Crippen molar-refractivity contribution < 1.29 is 22.7 Å². The second-order valence-electron chi connectivity index (χ2n) is 8.34. The van der Waals surface area contributed by atoms with E-state index in [4.69, 9.17) is 4.74 Å². The number of benzene rings is 1. The van der Waals surface area contributed by atoms with Crippen molar-refractivity contribution in [2.24, 2.45) is 17.8 Å². The third-order valence-electron chi connectivity index (χ3n) is 6.31. The van der Waals surface area contributed by atoms with Gasteiger partial charge in [-0.25, -0.2) is 9.90 Å². The summed E-state index contributed by atoms with van der Waals surface area (Å²) in [6, 6.07) is 7.83. The van der Waals surface area contributed by atoms with Gasteiger partial charge in [0.15, 0.2) is 0 Å². The molecule has 1 saturated carbocycles. The van der Waals surface area contributed by atoms with E-state index in [2.05, 4.69) is 10.3 Å². The summed E-state index contributed by atoms with van der Waals surface area (Å²) >= 11 is 0. The first kappa shape index (κ1) is 20.8. The van der Waals surface area contributed by atoms with Crippen LogP contribution in [0.15, 0.2) is 30.6 Å². The van der Waals surface area contributed by atoms with E-state index in [1.165, 1.54) is 6.42 Å². The number of rotatable bonds is 8. The van der Waals surface area contributed by atoms with Gasteiger partial charge in [0.05, 0.1) is 18.7 Å². The second kappa shape index (κ2) is 8.73. The number of aromatic nitrogens is 3. The van der Waals surface area contributed by atoms with Crippen LogP contribution in [0.3, 0.4) is 0 Å². The number of alkyl halides is 3. The van der Waals surface area contributed by atoms with E-state index in [9.17, 15) is 18.0 Å². The molecule has 0 bridgehead atoms. The van der Waals surface area contributed by atoms with Gasteiger partial charge in [-0.2, -0.15) is 13.2 Å². The minimum atomic E-state index is -4.26. The van der Waals surface area contributed by atoms with E-state index in [-0.39, 0.29) is 5.91 Å². The van der Waals surface area contributed by atoms with Gasteiger partial charge < -0.3 is 9.64 Å². The summed E-state index contributed by atoms with van der Waals surface area (Å²) in [5.41, 5.74) is 1.00. The number of ether oxygens (including phenoxy) is 1. The van der Waals surface area contributed by atoms with Gasteiger partial charge in [0, 0.05) is 19.5 Å². The molecule has 2 heterocycles. The van der Waals surface area contributed by atoms with E-state index >= 15 is 0 Å². The molecule has 2 aliphatic rings. The number of carbonyl (C=O) groups is 1. The first-order valence-electron chi connectivity index (χ1n) is 10.5. The highest BCUT2D eigenvalue weighted by atomic mass is 19.4. The van der Waals surface area contributed by atoms with Crippen LogP contribution >= 0.6 is 0 Å². The summed E-state index contributed by atoms with van der Waals surface area (Å²) in [4.78, 5) is 13.6. The molecule has 6 nitrogen and oxygen atoms in total. The van der Waals surface area contributed by atoms with Crippen LogP contribution in [0, 0.1) is 17.8 Å². The van der Waals surface area contributed by atoms with Crippen LogP contribution in [0.1, 0.15) is 38.5 Å². The smallest absolute Gasteiger partial charge is 0.389 e. The molecule has 164 valence electrons. The van der Waals surface area contributed by atoms with Crippen LogP contribution in [0.5, 0.6) is 5.75 Å². The number of hydrogen-bond donors (Lipinski definition) is 1. The summed E-state index contributed by atoms with van der Waals surface area (Å²) in [7, 11) is 0. The molecule has 1 aromatic carbocycles. The van der Waals surface area contributed by atoms with E-state index in [0.29, 0.717) is 37.5 Å². The number of piperidine rings is 1. The third kappa shape index (κ3) is 5.37. The largest absolute Gasteiger partial charge is 0.494 e. The highest BCUT2D eigenvalue weighted by Crippen LogP contribution is 2.49. The molecule has 0 spiro atoms. The highest BCUT2D eigenvalue weighted by Gasteiger charge is 2.43. The Bertz CT molecular complexity index is 813. The topological polar surface area (TPSA) is 63.1 Å². The molecule has 2 aromatic rings. The van der Waals surface area contributed by atoms with E-state index in [0.717, 1.165) is 30.7 Å². The van der Waals surface area contributed by atoms with Gasteiger partial charge >= 0.3 is 6.18 Å². The molecule has 1 N–H and O–H groups in total. The average molecular weight is 424 g/mol. The normalized spacial score (nSPS) is 22.3. The Kier molecular flexibility index (Phi) is 6.06. The zero-order chi connectivity index (χ0) is 21.1. The lowest BCUT2D eigenvalue weighted by Crippen LogP contribution is -2.39. The van der Waals surface area contributed by atoms with Crippen LogP contribution in [0.25, 0.3) is 5.69 Å². The number of nitrogens with one attached hydrogen (secondary N) is 1. The first-order chi connectivity index (χ1) is 14.4. The molecule has 0 radical (unpaired) electrons. The van der Waals surface area contributed by atoms with Crippen LogP contribution < -0.4 is 4.74 Å². The third-order valence-corrected chi connectivity index (χ3v) is 6.31. The number of hydrogen-bond acceptors (Lipinski definition) is 3. The number of aromatic amines is 1. The lowest BCUT2D eigenvalue weighted by Gasteiger charge is -2.32. The van der Waals surface area contributed by atoms with Crippen molar-refractivity contribution in [2.75, 3.05) is 19.7 Å². The van der Waals surface area contributed by atoms with Crippen molar-refractivity contribution in [3.05, 3.63) is 30.6 Å². The average Bonchev–Trinajstić information content (AvgIpc) is 3.45. The molecule has 1 saturated heterocycles. The molecular formula is C21H27F3N4O2. The van der Waals surface area contributed by atoms with Crippen LogP contribution in [0.2, 0.25) is 0 Å². The summed E-state index contributed by atoms with van der Waals surface area (Å²) in [6.07, 6.45) is -0.0221. The number of carbonyl (C=O) groups excluding carboxylic acids is 1. The zero-order valence-electron chi connectivity index (χ0n) is 16.8. The fraction of sp³-hybridized carbons (Fsp3) is 0.619. The fourth-order valence-electron chi connectivity index (χ4n) is 4.44. The van der Waals surface area contributed by atoms with Gasteiger partial charge in [0.1, 0.15) is 12.1 Å². The van der Waals surface area contributed by atoms with Crippen LogP contribution in [-0.2, 0) is 4.79 Å². The molecule has 1 amide bonds. The van der Waals surface area contributed by atoms with Gasteiger partial charge in [-0.05, 0) is 67.7 Å². The molecule has 1 aliphatic carbocycles. The SMILES string of the molecule is O=C(CCC(F)(F)F)N1CCC([C@H]2C[C@H]2CCOc2ccc(-n3cn[nH]3)cc2)CC1. The van der Waals surface area contributed by atoms with Gasteiger partial charge in [-0.3, -0.25) is 4.79 Å². The minimum absolute atomic E-state index is 0.366. The number of H-pyrrole nitrogens is 1. The van der Waals surface area contributed by atoms with E-state index in [1.807, 2.05) is 28.9 Å². The molecule has 1 aliphatic heterocycles. The molecule has 4 rings (SSSR count). The Morgan fingerprint density at radius 3 is 2.50 bits per heavy atom. The van der Waals surface area contributed by atoms with Crippen molar-refractivity contribution >= 4 is 5.91 Å². The maximum atomic E-state index is 12.3. The van der Waals surface area contributed by atoms with Crippen molar-refractivity contribution in [1.29, 1.82) is 0 Å². The van der Waals surface area contributed by atoms with Crippen LogP contribution in [-0.4, -0.2) is 51.7 Å². The quantitative estimate of drug-likeness (QED) is 0.691. The Labute approximate surface area is 173 Å². The molecule has 1 aromatic heterocycles. The summed E-state index contributed by atoms with van der Waals surface area (Å²) in [5.74, 6) is 2.38. The summed E-state index contributed by atoms with van der Waals surface area (Å²) in [5, 5.41) is 6.61. The second-order valence-corrected chi connectivity index (χ2v) is 8.34. The highest BCUT2D eigenvalue weighted by molar-refractivity contribution is 5.76. The minimum Gasteiger partial charge on any atom is -0.494 e. The maximum Gasteiger partial charge on any atom is 0.389 e. The lowest BCUT2D eigenvalue weighted by atomic mass is 9.90. The van der Waals surface area contributed by atoms with E-state index in [1.54, 1.807) is 11.2 Å². The molecule has 2 fully saturated rings. The molecule has 30 heavy (non-hydrogen) atoms. The van der Waals surface area contributed by atoms with Gasteiger partial charge in [0.25, 0.3) is 0 Å². The van der Waals surface area contributed by atoms with Crippen molar-refractivity contribution in [1.82, 2.24) is 19.9 Å². The molecule has 2 atom stereocenters. The van der Waals surface area contributed by atoms with Gasteiger partial charge in [-0.1, -0.05) is 0 Å². The summed E-state index contributed by atoms with van der Waals surface area (Å²) < 4.78 is 44.5.